The maximum atomic E-state index is 4.18. The van der Waals surface area contributed by atoms with Gasteiger partial charge in [-0.3, -0.25) is 0 Å². The second-order valence-electron chi connectivity index (χ2n) is 3.71. The van der Waals surface area contributed by atoms with Crippen molar-refractivity contribution in [3.05, 3.63) is 11.8 Å². The van der Waals surface area contributed by atoms with Gasteiger partial charge in [-0.05, 0) is 45.3 Å². The van der Waals surface area contributed by atoms with Gasteiger partial charge >= 0.3 is 0 Å². The Morgan fingerprint density at radius 1 is 1.45 bits per heavy atom. The van der Waals surface area contributed by atoms with Crippen LogP contribution in [0.15, 0.2) is 6.07 Å². The summed E-state index contributed by atoms with van der Waals surface area (Å²) in [7, 11) is 0. The van der Waals surface area contributed by atoms with Crippen LogP contribution in [0.2, 0.25) is 0 Å². The van der Waals surface area contributed by atoms with E-state index >= 15 is 0 Å². The topological polar surface area (TPSA) is 24.9 Å². The maximum Gasteiger partial charge on any atom is 0.110 e. The lowest BCUT2D eigenvalue weighted by Gasteiger charge is -2.19. The molecule has 0 bridgehead atoms. The van der Waals surface area contributed by atoms with Crippen LogP contribution in [-0.2, 0) is 0 Å². The molecule has 1 aromatic rings. The van der Waals surface area contributed by atoms with Gasteiger partial charge in [0.2, 0.25) is 0 Å². The number of anilines is 1. The third-order valence-corrected chi connectivity index (χ3v) is 1.92. The van der Waals surface area contributed by atoms with Crippen molar-refractivity contribution in [2.75, 3.05) is 5.32 Å². The molecule has 3 heteroatoms. The van der Waals surface area contributed by atoms with Gasteiger partial charge in [-0.15, -0.1) is 0 Å². The number of nitrogens with one attached hydrogen (secondary N) is 1. The molecule has 1 N–H and O–H groups in total. The highest BCUT2D eigenvalue weighted by Gasteiger charge is 2.10. The second kappa shape index (κ2) is 2.81. The van der Waals surface area contributed by atoms with Crippen molar-refractivity contribution in [2.45, 2.75) is 33.2 Å². The monoisotopic (exact) mass is 170 g/mol. The van der Waals surface area contributed by atoms with Crippen LogP contribution in [0.4, 0.5) is 5.00 Å². The Bertz CT molecular complexity index is 234. The van der Waals surface area contributed by atoms with E-state index in [-0.39, 0.29) is 5.54 Å². The van der Waals surface area contributed by atoms with Crippen LogP contribution >= 0.6 is 11.5 Å². The molecule has 2 nitrogen and oxygen atoms in total. The summed E-state index contributed by atoms with van der Waals surface area (Å²) < 4.78 is 4.18. The van der Waals surface area contributed by atoms with Crippen molar-refractivity contribution in [3.63, 3.8) is 0 Å². The minimum atomic E-state index is 0.138. The molecule has 0 unspecified atom stereocenters. The average molecular weight is 170 g/mol. The molecule has 0 atom stereocenters. The van der Waals surface area contributed by atoms with Crippen LogP contribution in [0.1, 0.15) is 26.5 Å². The Labute approximate surface area is 71.8 Å². The molecule has 0 aromatic carbocycles. The van der Waals surface area contributed by atoms with Gasteiger partial charge in [-0.2, -0.15) is 4.37 Å². The summed E-state index contributed by atoms with van der Waals surface area (Å²) in [5.74, 6) is 0. The fraction of sp³-hybridized carbons (Fsp3) is 0.625. The van der Waals surface area contributed by atoms with E-state index in [1.54, 1.807) is 0 Å². The maximum absolute atomic E-state index is 4.18. The SMILES string of the molecule is Cc1cc(NC(C)(C)C)sn1. The second-order valence-corrected chi connectivity index (χ2v) is 4.51. The summed E-state index contributed by atoms with van der Waals surface area (Å²) in [6.07, 6.45) is 0. The zero-order valence-corrected chi connectivity index (χ0v) is 8.25. The van der Waals surface area contributed by atoms with Gasteiger partial charge in [0.15, 0.2) is 0 Å². The number of nitrogens with zero attached hydrogens (tertiary/aromatic N) is 1. The molecule has 1 rings (SSSR count). The standard InChI is InChI=1S/C8H14N2S/c1-6-5-7(11-10-6)9-8(2,3)4/h5,9H,1-4H3. The summed E-state index contributed by atoms with van der Waals surface area (Å²) in [5.41, 5.74) is 1.22. The molecule has 11 heavy (non-hydrogen) atoms. The van der Waals surface area contributed by atoms with Crippen LogP contribution in [0.25, 0.3) is 0 Å². The average Bonchev–Trinajstić information content (AvgIpc) is 2.10. The van der Waals surface area contributed by atoms with Gasteiger partial charge in [0.1, 0.15) is 5.00 Å². The van der Waals surface area contributed by atoms with E-state index in [1.807, 2.05) is 6.92 Å². The molecule has 0 aliphatic heterocycles. The third-order valence-electron chi connectivity index (χ3n) is 1.13. The van der Waals surface area contributed by atoms with Gasteiger partial charge in [0, 0.05) is 5.54 Å². The largest absolute Gasteiger partial charge is 0.371 e. The highest BCUT2D eigenvalue weighted by molar-refractivity contribution is 7.10. The molecule has 0 aliphatic carbocycles. The first-order valence-corrected chi connectivity index (χ1v) is 4.46. The Kier molecular flexibility index (Phi) is 2.18. The van der Waals surface area contributed by atoms with E-state index in [1.165, 1.54) is 11.5 Å². The van der Waals surface area contributed by atoms with Crippen molar-refractivity contribution in [3.8, 4) is 0 Å². The minimum absolute atomic E-state index is 0.138. The molecule has 1 aromatic heterocycles. The van der Waals surface area contributed by atoms with Crippen molar-refractivity contribution in [1.29, 1.82) is 0 Å². The van der Waals surface area contributed by atoms with Crippen molar-refractivity contribution in [1.82, 2.24) is 4.37 Å². The summed E-state index contributed by atoms with van der Waals surface area (Å²) in [5, 5.41) is 4.51. The summed E-state index contributed by atoms with van der Waals surface area (Å²) in [6, 6.07) is 2.07. The van der Waals surface area contributed by atoms with E-state index < -0.39 is 0 Å². The third kappa shape index (κ3) is 2.89. The number of rotatable bonds is 1. The normalized spacial score (nSPS) is 11.6. The molecule has 0 saturated carbocycles. The zero-order valence-electron chi connectivity index (χ0n) is 7.43. The first-order valence-electron chi connectivity index (χ1n) is 3.69. The summed E-state index contributed by atoms with van der Waals surface area (Å²) >= 11 is 1.52. The number of aromatic nitrogens is 1. The van der Waals surface area contributed by atoms with Crippen molar-refractivity contribution in [2.24, 2.45) is 0 Å². The molecule has 1 heterocycles. The van der Waals surface area contributed by atoms with E-state index in [0.29, 0.717) is 0 Å². The van der Waals surface area contributed by atoms with Gasteiger partial charge < -0.3 is 5.32 Å². The highest BCUT2D eigenvalue weighted by atomic mass is 32.1. The van der Waals surface area contributed by atoms with Crippen LogP contribution in [0.5, 0.6) is 0 Å². The first-order chi connectivity index (χ1) is 4.97. The van der Waals surface area contributed by atoms with E-state index in [2.05, 4.69) is 36.5 Å². The molecule has 0 amide bonds. The van der Waals surface area contributed by atoms with E-state index in [0.717, 1.165) is 10.7 Å². The highest BCUT2D eigenvalue weighted by Crippen LogP contribution is 2.19. The van der Waals surface area contributed by atoms with Crippen LogP contribution in [-0.4, -0.2) is 9.91 Å². The number of aryl methyl sites for hydroxylation is 1. The predicted octanol–water partition coefficient (Wildman–Crippen LogP) is 2.66. The van der Waals surface area contributed by atoms with Gasteiger partial charge in [-0.1, -0.05) is 0 Å². The fourth-order valence-corrected chi connectivity index (χ4v) is 1.66. The Morgan fingerprint density at radius 3 is 2.45 bits per heavy atom. The fourth-order valence-electron chi connectivity index (χ4n) is 0.792. The Balaban J connectivity index is 2.65. The van der Waals surface area contributed by atoms with Gasteiger partial charge in [-0.25, -0.2) is 0 Å². The van der Waals surface area contributed by atoms with Crippen LogP contribution in [0.3, 0.4) is 0 Å². The zero-order chi connectivity index (χ0) is 8.48. The molecule has 0 fully saturated rings. The Morgan fingerprint density at radius 2 is 2.09 bits per heavy atom. The number of hydrogen-bond acceptors (Lipinski definition) is 3. The first kappa shape index (κ1) is 8.53. The molecule has 0 spiro atoms. The number of hydrogen-bond donors (Lipinski definition) is 1. The van der Waals surface area contributed by atoms with Gasteiger partial charge in [0.25, 0.3) is 0 Å². The molecule has 0 saturated heterocycles. The van der Waals surface area contributed by atoms with E-state index in [9.17, 15) is 0 Å². The Hall–Kier alpha value is -0.570. The smallest absolute Gasteiger partial charge is 0.110 e. The summed E-state index contributed by atoms with van der Waals surface area (Å²) in [6.45, 7) is 8.43. The van der Waals surface area contributed by atoms with Crippen molar-refractivity contribution >= 4 is 16.5 Å². The van der Waals surface area contributed by atoms with Crippen LogP contribution < -0.4 is 5.32 Å². The molecular formula is C8H14N2S. The lowest BCUT2D eigenvalue weighted by Crippen LogP contribution is -2.25. The van der Waals surface area contributed by atoms with Gasteiger partial charge in [0.05, 0.1) is 5.69 Å². The molecule has 0 radical (unpaired) electrons. The quantitative estimate of drug-likeness (QED) is 0.701. The minimum Gasteiger partial charge on any atom is -0.371 e. The molecular weight excluding hydrogens is 156 g/mol. The predicted molar refractivity (Wildman–Crippen MR) is 50.2 cm³/mol. The van der Waals surface area contributed by atoms with Crippen LogP contribution in [0, 0.1) is 6.92 Å². The van der Waals surface area contributed by atoms with E-state index in [4.69, 9.17) is 0 Å². The van der Waals surface area contributed by atoms with Crippen molar-refractivity contribution < 1.29 is 0 Å². The lowest BCUT2D eigenvalue weighted by atomic mass is 10.1. The lowest BCUT2D eigenvalue weighted by molar-refractivity contribution is 0.636. The summed E-state index contributed by atoms with van der Waals surface area (Å²) in [4.78, 5) is 0. The molecule has 62 valence electrons. The molecule has 0 aliphatic rings.